The molecule has 0 bridgehead atoms. The van der Waals surface area contributed by atoms with E-state index in [1.165, 1.54) is 70.6 Å². The van der Waals surface area contributed by atoms with Crippen molar-refractivity contribution < 1.29 is 4.79 Å². The van der Waals surface area contributed by atoms with Crippen LogP contribution in [0.1, 0.15) is 102 Å². The van der Waals surface area contributed by atoms with E-state index in [4.69, 9.17) is 11.6 Å². The second-order valence-electron chi connectivity index (χ2n) is 7.60. The molecule has 1 N–H and O–H groups in total. The fraction of sp³-hybridized carbons (Fsp3) is 0.667. The standard InChI is InChI=1S/C24H39ClN2O/c1-2-3-4-5-6-7-8-9-10-11-12-13-14-15-16-17-24(28)27-21-22-18-19-23(25)26-20-22/h9-10,18-20H,2-8,11-17,21H2,1H3,(H,27,28)/b10-9-. The number of nitrogens with one attached hydrogen (secondary N) is 1. The maximum atomic E-state index is 11.9. The molecule has 1 rings (SSSR count). The maximum absolute atomic E-state index is 11.9. The van der Waals surface area contributed by atoms with E-state index in [0.29, 0.717) is 18.1 Å². The van der Waals surface area contributed by atoms with Gasteiger partial charge < -0.3 is 5.32 Å². The number of carbonyl (C=O) groups excluding carboxylic acids is 1. The fourth-order valence-electron chi connectivity index (χ4n) is 3.16. The van der Waals surface area contributed by atoms with E-state index >= 15 is 0 Å². The Hall–Kier alpha value is -1.35. The number of amides is 1. The number of hydrogen-bond donors (Lipinski definition) is 1. The molecule has 1 heterocycles. The molecule has 1 amide bonds. The van der Waals surface area contributed by atoms with Gasteiger partial charge in [0.15, 0.2) is 0 Å². The zero-order valence-electron chi connectivity index (χ0n) is 17.7. The molecule has 158 valence electrons. The number of pyridine rings is 1. The van der Waals surface area contributed by atoms with Crippen molar-refractivity contribution >= 4 is 17.5 Å². The first-order valence-corrected chi connectivity index (χ1v) is 11.6. The smallest absolute Gasteiger partial charge is 0.220 e. The van der Waals surface area contributed by atoms with Crippen LogP contribution in [0.3, 0.4) is 0 Å². The summed E-state index contributed by atoms with van der Waals surface area (Å²) in [6.07, 6.45) is 23.6. The topological polar surface area (TPSA) is 42.0 Å². The molecule has 28 heavy (non-hydrogen) atoms. The normalized spacial score (nSPS) is 11.2. The number of unbranched alkanes of at least 4 members (excludes halogenated alkanes) is 11. The Kier molecular flexibility index (Phi) is 15.6. The van der Waals surface area contributed by atoms with Gasteiger partial charge in [-0.15, -0.1) is 0 Å². The van der Waals surface area contributed by atoms with Gasteiger partial charge in [-0.3, -0.25) is 4.79 Å². The van der Waals surface area contributed by atoms with Gasteiger partial charge in [0.25, 0.3) is 0 Å². The molecule has 4 heteroatoms. The molecule has 0 radical (unpaired) electrons. The number of allylic oxidation sites excluding steroid dienone is 2. The summed E-state index contributed by atoms with van der Waals surface area (Å²) in [5, 5.41) is 3.41. The van der Waals surface area contributed by atoms with Gasteiger partial charge in [0.1, 0.15) is 5.15 Å². The predicted octanol–water partition coefficient (Wildman–Crippen LogP) is 7.39. The molecule has 1 aromatic rings. The highest BCUT2D eigenvalue weighted by molar-refractivity contribution is 6.29. The summed E-state index contributed by atoms with van der Waals surface area (Å²) >= 11 is 5.75. The highest BCUT2D eigenvalue weighted by Gasteiger charge is 2.01. The maximum Gasteiger partial charge on any atom is 0.220 e. The molecule has 0 saturated carbocycles. The zero-order valence-corrected chi connectivity index (χ0v) is 18.5. The van der Waals surface area contributed by atoms with Crippen molar-refractivity contribution in [3.05, 3.63) is 41.2 Å². The van der Waals surface area contributed by atoms with Crippen molar-refractivity contribution in [3.8, 4) is 0 Å². The van der Waals surface area contributed by atoms with Gasteiger partial charge in [-0.25, -0.2) is 4.98 Å². The first-order chi connectivity index (χ1) is 13.7. The molecule has 0 spiro atoms. The quantitative estimate of drug-likeness (QED) is 0.166. The molecule has 0 fully saturated rings. The number of nitrogens with zero attached hydrogens (tertiary/aromatic N) is 1. The molecular weight excluding hydrogens is 368 g/mol. The second kappa shape index (κ2) is 17.7. The highest BCUT2D eigenvalue weighted by Crippen LogP contribution is 2.10. The summed E-state index contributed by atoms with van der Waals surface area (Å²) in [5.74, 6) is 0.118. The lowest BCUT2D eigenvalue weighted by molar-refractivity contribution is -0.121. The molecule has 1 aromatic heterocycles. The van der Waals surface area contributed by atoms with E-state index in [9.17, 15) is 4.79 Å². The fourth-order valence-corrected chi connectivity index (χ4v) is 3.27. The summed E-state index contributed by atoms with van der Waals surface area (Å²) < 4.78 is 0. The summed E-state index contributed by atoms with van der Waals surface area (Å²) in [5.41, 5.74) is 0.974. The third kappa shape index (κ3) is 14.7. The Balaban J connectivity index is 1.85. The Morgan fingerprint density at radius 2 is 1.54 bits per heavy atom. The van der Waals surface area contributed by atoms with Crippen LogP contribution in [-0.4, -0.2) is 10.9 Å². The van der Waals surface area contributed by atoms with Crippen LogP contribution in [0.25, 0.3) is 0 Å². The van der Waals surface area contributed by atoms with Crippen molar-refractivity contribution in [1.29, 1.82) is 0 Å². The van der Waals surface area contributed by atoms with E-state index in [1.807, 2.05) is 6.07 Å². The van der Waals surface area contributed by atoms with Crippen molar-refractivity contribution in [2.75, 3.05) is 0 Å². The first kappa shape index (κ1) is 24.7. The van der Waals surface area contributed by atoms with Gasteiger partial charge in [0.2, 0.25) is 5.91 Å². The highest BCUT2D eigenvalue weighted by atomic mass is 35.5. The average molecular weight is 407 g/mol. The monoisotopic (exact) mass is 406 g/mol. The minimum atomic E-state index is 0.118. The van der Waals surface area contributed by atoms with Crippen LogP contribution in [0.4, 0.5) is 0 Å². The van der Waals surface area contributed by atoms with Crippen LogP contribution in [0.5, 0.6) is 0 Å². The average Bonchev–Trinajstić information content (AvgIpc) is 2.70. The molecule has 0 atom stereocenters. The van der Waals surface area contributed by atoms with E-state index in [1.54, 1.807) is 12.3 Å². The Morgan fingerprint density at radius 3 is 2.14 bits per heavy atom. The Morgan fingerprint density at radius 1 is 0.929 bits per heavy atom. The van der Waals surface area contributed by atoms with E-state index in [-0.39, 0.29) is 5.91 Å². The Labute approximate surface area is 177 Å². The summed E-state index contributed by atoms with van der Waals surface area (Å²) in [6, 6.07) is 3.63. The summed E-state index contributed by atoms with van der Waals surface area (Å²) in [7, 11) is 0. The molecule has 0 aromatic carbocycles. The molecule has 0 unspecified atom stereocenters. The summed E-state index contributed by atoms with van der Waals surface area (Å²) in [4.78, 5) is 15.9. The Bertz CT molecular complexity index is 528. The van der Waals surface area contributed by atoms with Crippen molar-refractivity contribution in [2.24, 2.45) is 0 Å². The molecule has 3 nitrogen and oxygen atoms in total. The SMILES string of the molecule is CCCCCCCC/C=C\CCCCCCCC(=O)NCc1ccc(Cl)nc1. The third-order valence-corrected chi connectivity index (χ3v) is 5.17. The number of aromatic nitrogens is 1. The number of halogens is 1. The first-order valence-electron chi connectivity index (χ1n) is 11.2. The van der Waals surface area contributed by atoms with Crippen LogP contribution in [0.15, 0.2) is 30.5 Å². The van der Waals surface area contributed by atoms with E-state index in [2.05, 4.69) is 29.4 Å². The van der Waals surface area contributed by atoms with E-state index in [0.717, 1.165) is 18.4 Å². The van der Waals surface area contributed by atoms with Gasteiger partial charge >= 0.3 is 0 Å². The van der Waals surface area contributed by atoms with Gasteiger partial charge in [-0.2, -0.15) is 0 Å². The number of hydrogen-bond acceptors (Lipinski definition) is 2. The molecular formula is C24H39ClN2O. The lowest BCUT2D eigenvalue weighted by Crippen LogP contribution is -2.22. The molecule has 0 aliphatic heterocycles. The lowest BCUT2D eigenvalue weighted by atomic mass is 10.1. The minimum absolute atomic E-state index is 0.118. The predicted molar refractivity (Wildman–Crippen MR) is 121 cm³/mol. The van der Waals surface area contributed by atoms with Gasteiger partial charge in [-0.05, 0) is 43.7 Å². The molecule has 0 aliphatic rings. The van der Waals surface area contributed by atoms with Gasteiger partial charge in [0.05, 0.1) is 0 Å². The van der Waals surface area contributed by atoms with Crippen LogP contribution in [0, 0.1) is 0 Å². The third-order valence-electron chi connectivity index (χ3n) is 4.94. The summed E-state index contributed by atoms with van der Waals surface area (Å²) in [6.45, 7) is 2.79. The van der Waals surface area contributed by atoms with Crippen molar-refractivity contribution in [2.45, 2.75) is 103 Å². The van der Waals surface area contributed by atoms with Crippen LogP contribution in [-0.2, 0) is 11.3 Å². The largest absolute Gasteiger partial charge is 0.352 e. The molecule has 0 aliphatic carbocycles. The number of rotatable bonds is 17. The van der Waals surface area contributed by atoms with E-state index < -0.39 is 0 Å². The van der Waals surface area contributed by atoms with Crippen LogP contribution < -0.4 is 5.32 Å². The molecule has 0 saturated heterocycles. The second-order valence-corrected chi connectivity index (χ2v) is 7.99. The number of carbonyl (C=O) groups is 1. The lowest BCUT2D eigenvalue weighted by Gasteiger charge is -2.05. The van der Waals surface area contributed by atoms with Crippen molar-refractivity contribution in [1.82, 2.24) is 10.3 Å². The van der Waals surface area contributed by atoms with Crippen LogP contribution in [0.2, 0.25) is 5.15 Å². The minimum Gasteiger partial charge on any atom is -0.352 e. The van der Waals surface area contributed by atoms with Gasteiger partial charge in [-0.1, -0.05) is 88.1 Å². The van der Waals surface area contributed by atoms with Gasteiger partial charge in [0, 0.05) is 19.2 Å². The zero-order chi connectivity index (χ0) is 20.3. The van der Waals surface area contributed by atoms with Crippen molar-refractivity contribution in [3.63, 3.8) is 0 Å². The van der Waals surface area contributed by atoms with Crippen LogP contribution >= 0.6 is 11.6 Å².